The minimum absolute atomic E-state index is 0.226. The number of aryl methyl sites for hydroxylation is 2. The highest BCUT2D eigenvalue weighted by molar-refractivity contribution is 5.40. The van der Waals surface area contributed by atoms with Crippen molar-refractivity contribution in [2.24, 2.45) is 5.73 Å². The Morgan fingerprint density at radius 2 is 1.62 bits per heavy atom. The molecule has 1 unspecified atom stereocenters. The van der Waals surface area contributed by atoms with Crippen molar-refractivity contribution >= 4 is 0 Å². The van der Waals surface area contributed by atoms with E-state index in [0.29, 0.717) is 0 Å². The summed E-state index contributed by atoms with van der Waals surface area (Å²) in [6, 6.07) is 10.8. The maximum absolute atomic E-state index is 13.5. The zero-order valence-corrected chi connectivity index (χ0v) is 12.8. The molecular weight excluding hydrogens is 265 g/mol. The third-order valence-corrected chi connectivity index (χ3v) is 3.89. The van der Waals surface area contributed by atoms with Crippen LogP contribution in [0, 0.1) is 5.82 Å². The lowest BCUT2D eigenvalue weighted by Gasteiger charge is -2.16. The van der Waals surface area contributed by atoms with Crippen LogP contribution in [0.25, 0.3) is 0 Å². The molecule has 2 aromatic carbocycles. The molecule has 0 saturated carbocycles. The SMILES string of the molecule is CCc1ccc(C(N)c2ccc(F)c(OC)c2)cc1CC. The second-order valence-corrected chi connectivity index (χ2v) is 5.11. The van der Waals surface area contributed by atoms with Gasteiger partial charge in [0, 0.05) is 0 Å². The van der Waals surface area contributed by atoms with E-state index >= 15 is 0 Å². The van der Waals surface area contributed by atoms with Crippen LogP contribution in [0.4, 0.5) is 4.39 Å². The first-order valence-corrected chi connectivity index (χ1v) is 7.31. The smallest absolute Gasteiger partial charge is 0.165 e. The molecule has 0 aromatic heterocycles. The third kappa shape index (κ3) is 3.24. The van der Waals surface area contributed by atoms with E-state index in [4.69, 9.17) is 10.5 Å². The average Bonchev–Trinajstić information content (AvgIpc) is 2.53. The van der Waals surface area contributed by atoms with Crippen LogP contribution in [0.5, 0.6) is 5.75 Å². The molecule has 2 N–H and O–H groups in total. The van der Waals surface area contributed by atoms with Gasteiger partial charge in [-0.15, -0.1) is 0 Å². The lowest BCUT2D eigenvalue weighted by Crippen LogP contribution is -2.13. The van der Waals surface area contributed by atoms with E-state index in [-0.39, 0.29) is 17.6 Å². The average molecular weight is 287 g/mol. The molecule has 3 heteroatoms. The van der Waals surface area contributed by atoms with Crippen molar-refractivity contribution in [3.05, 3.63) is 64.5 Å². The van der Waals surface area contributed by atoms with Gasteiger partial charge in [-0.3, -0.25) is 0 Å². The fourth-order valence-electron chi connectivity index (χ4n) is 2.58. The lowest BCUT2D eigenvalue weighted by molar-refractivity contribution is 0.385. The van der Waals surface area contributed by atoms with Crippen molar-refractivity contribution in [1.82, 2.24) is 0 Å². The van der Waals surface area contributed by atoms with Crippen LogP contribution >= 0.6 is 0 Å². The van der Waals surface area contributed by atoms with Gasteiger partial charge >= 0.3 is 0 Å². The maximum Gasteiger partial charge on any atom is 0.165 e. The lowest BCUT2D eigenvalue weighted by atomic mass is 9.93. The Bertz CT molecular complexity index is 625. The van der Waals surface area contributed by atoms with Gasteiger partial charge in [0.1, 0.15) is 0 Å². The third-order valence-electron chi connectivity index (χ3n) is 3.89. The Balaban J connectivity index is 2.37. The van der Waals surface area contributed by atoms with E-state index in [1.165, 1.54) is 24.3 Å². The number of hydrogen-bond acceptors (Lipinski definition) is 2. The summed E-state index contributed by atoms with van der Waals surface area (Å²) >= 11 is 0. The topological polar surface area (TPSA) is 35.2 Å². The molecule has 2 nitrogen and oxygen atoms in total. The van der Waals surface area contributed by atoms with Crippen LogP contribution in [0.15, 0.2) is 36.4 Å². The molecule has 0 heterocycles. The normalized spacial score (nSPS) is 12.2. The first-order valence-electron chi connectivity index (χ1n) is 7.31. The molecule has 1 atom stereocenters. The minimum Gasteiger partial charge on any atom is -0.494 e. The molecule has 0 amide bonds. The molecule has 0 aliphatic rings. The summed E-state index contributed by atoms with van der Waals surface area (Å²) in [6.07, 6.45) is 2.00. The molecule has 0 aliphatic heterocycles. The molecule has 0 saturated heterocycles. The Morgan fingerprint density at radius 1 is 1.00 bits per heavy atom. The van der Waals surface area contributed by atoms with Crippen molar-refractivity contribution in [1.29, 1.82) is 0 Å². The first-order chi connectivity index (χ1) is 10.1. The van der Waals surface area contributed by atoms with Crippen molar-refractivity contribution in [2.75, 3.05) is 7.11 Å². The quantitative estimate of drug-likeness (QED) is 0.902. The number of methoxy groups -OCH3 is 1. The number of halogens is 1. The van der Waals surface area contributed by atoms with Gasteiger partial charge in [0.2, 0.25) is 0 Å². The molecule has 0 radical (unpaired) electrons. The van der Waals surface area contributed by atoms with Crippen molar-refractivity contribution < 1.29 is 9.13 Å². The molecule has 0 aliphatic carbocycles. The van der Waals surface area contributed by atoms with Crippen LogP contribution < -0.4 is 10.5 Å². The van der Waals surface area contributed by atoms with E-state index in [1.807, 2.05) is 0 Å². The van der Waals surface area contributed by atoms with Gasteiger partial charge in [-0.2, -0.15) is 0 Å². The van der Waals surface area contributed by atoms with Gasteiger partial charge in [-0.25, -0.2) is 4.39 Å². The molecule has 2 aromatic rings. The Hall–Kier alpha value is -1.87. The Kier molecular flexibility index (Phi) is 4.97. The summed E-state index contributed by atoms with van der Waals surface area (Å²) in [5.41, 5.74) is 10.9. The molecular formula is C18H22FNO. The number of ether oxygens (including phenoxy) is 1. The fourth-order valence-corrected chi connectivity index (χ4v) is 2.58. The number of nitrogens with two attached hydrogens (primary N) is 1. The first kappa shape index (κ1) is 15.5. The van der Waals surface area contributed by atoms with Gasteiger partial charge in [0.25, 0.3) is 0 Å². The van der Waals surface area contributed by atoms with Crippen LogP contribution in [-0.2, 0) is 12.8 Å². The van der Waals surface area contributed by atoms with Crippen molar-refractivity contribution in [2.45, 2.75) is 32.7 Å². The van der Waals surface area contributed by atoms with Crippen LogP contribution in [0.1, 0.15) is 42.1 Å². The summed E-state index contributed by atoms with van der Waals surface area (Å²) in [5.74, 6) is -0.145. The van der Waals surface area contributed by atoms with Gasteiger partial charge in [0.15, 0.2) is 11.6 Å². The van der Waals surface area contributed by atoms with Gasteiger partial charge in [-0.1, -0.05) is 38.1 Å². The molecule has 0 fully saturated rings. The number of rotatable bonds is 5. The molecule has 2 rings (SSSR count). The number of hydrogen-bond donors (Lipinski definition) is 1. The van der Waals surface area contributed by atoms with Gasteiger partial charge in [-0.05, 0) is 47.2 Å². The van der Waals surface area contributed by atoms with Crippen molar-refractivity contribution in [3.8, 4) is 5.75 Å². The second-order valence-electron chi connectivity index (χ2n) is 5.11. The highest BCUT2D eigenvalue weighted by Crippen LogP contribution is 2.27. The van der Waals surface area contributed by atoms with Crippen LogP contribution in [0.2, 0.25) is 0 Å². The summed E-state index contributed by atoms with van der Waals surface area (Å²) in [7, 11) is 1.46. The highest BCUT2D eigenvalue weighted by atomic mass is 19.1. The molecule has 112 valence electrons. The van der Waals surface area contributed by atoms with E-state index in [2.05, 4.69) is 32.0 Å². The van der Waals surface area contributed by atoms with E-state index < -0.39 is 0 Å². The van der Waals surface area contributed by atoms with E-state index in [9.17, 15) is 4.39 Å². The summed E-state index contributed by atoms with van der Waals surface area (Å²) in [5, 5.41) is 0. The van der Waals surface area contributed by atoms with Gasteiger partial charge < -0.3 is 10.5 Å². The van der Waals surface area contributed by atoms with E-state index in [1.54, 1.807) is 12.1 Å². The standard InChI is InChI=1S/C18H22FNO/c1-4-12-6-7-14(10-13(12)5-2)18(20)15-8-9-16(19)17(11-15)21-3/h6-11,18H,4-5,20H2,1-3H3. The monoisotopic (exact) mass is 287 g/mol. The zero-order chi connectivity index (χ0) is 15.4. The zero-order valence-electron chi connectivity index (χ0n) is 12.8. The molecule has 21 heavy (non-hydrogen) atoms. The largest absolute Gasteiger partial charge is 0.494 e. The summed E-state index contributed by atoms with van der Waals surface area (Å²) in [4.78, 5) is 0. The van der Waals surface area contributed by atoms with E-state index in [0.717, 1.165) is 24.0 Å². The van der Waals surface area contributed by atoms with Crippen LogP contribution in [0.3, 0.4) is 0 Å². The molecule has 0 bridgehead atoms. The molecule has 0 spiro atoms. The minimum atomic E-state index is -0.371. The van der Waals surface area contributed by atoms with Gasteiger partial charge in [0.05, 0.1) is 13.2 Å². The van der Waals surface area contributed by atoms with Crippen molar-refractivity contribution in [3.63, 3.8) is 0 Å². The maximum atomic E-state index is 13.5. The summed E-state index contributed by atoms with van der Waals surface area (Å²) < 4.78 is 18.5. The Labute approximate surface area is 125 Å². The second kappa shape index (κ2) is 6.72. The fraction of sp³-hybridized carbons (Fsp3) is 0.333. The summed E-state index contributed by atoms with van der Waals surface area (Å²) in [6.45, 7) is 4.30. The number of benzene rings is 2. The van der Waals surface area contributed by atoms with Crippen LogP contribution in [-0.4, -0.2) is 7.11 Å². The Morgan fingerprint density at radius 3 is 2.24 bits per heavy atom. The predicted molar refractivity (Wildman–Crippen MR) is 84.2 cm³/mol. The highest BCUT2D eigenvalue weighted by Gasteiger charge is 2.13. The predicted octanol–water partition coefficient (Wildman–Crippen LogP) is 4.01.